The van der Waals surface area contributed by atoms with Crippen molar-refractivity contribution in [2.24, 2.45) is 0 Å². The molecule has 180 valence electrons. The fourth-order valence-corrected chi connectivity index (χ4v) is 4.35. The van der Waals surface area contributed by atoms with Gasteiger partial charge in [0.05, 0.1) is 18.3 Å². The van der Waals surface area contributed by atoms with Crippen LogP contribution in [-0.2, 0) is 11.2 Å². The van der Waals surface area contributed by atoms with Gasteiger partial charge in [-0.3, -0.25) is 4.90 Å². The highest BCUT2D eigenvalue weighted by Crippen LogP contribution is 2.37. The Balaban J connectivity index is 1.35. The van der Waals surface area contributed by atoms with Gasteiger partial charge >= 0.3 is 6.09 Å². The fraction of sp³-hybridized carbons (Fsp3) is 0.429. The number of hydrogen-bond acceptors (Lipinski definition) is 5. The Morgan fingerprint density at radius 3 is 2.47 bits per heavy atom. The predicted octanol–water partition coefficient (Wildman–Crippen LogP) is 6.73. The number of carbonyl (C=O) groups is 1. The van der Waals surface area contributed by atoms with Crippen LogP contribution in [0.3, 0.4) is 0 Å². The standard InChI is InChI=1S/C28H34N2O4/c1-19-11-16-25(30(19)27(31)34-28(3,4)5)21-12-14-23(15-13-21)32-18-17-24-20(2)33-26(29-24)22-9-7-6-8-10-22/h6-10,12-15,19,25H,11,16-18H2,1-5H3/t19-,25+/m1/s1. The number of benzene rings is 2. The number of rotatable bonds is 6. The van der Waals surface area contributed by atoms with E-state index in [-0.39, 0.29) is 18.2 Å². The Morgan fingerprint density at radius 2 is 1.79 bits per heavy atom. The van der Waals surface area contributed by atoms with Crippen molar-refractivity contribution in [3.8, 4) is 17.2 Å². The lowest BCUT2D eigenvalue weighted by molar-refractivity contribution is 0.0158. The summed E-state index contributed by atoms with van der Waals surface area (Å²) in [6, 6.07) is 18.1. The van der Waals surface area contributed by atoms with Gasteiger partial charge in [-0.05, 0) is 77.3 Å². The molecule has 3 aromatic rings. The van der Waals surface area contributed by atoms with Gasteiger partial charge in [0.15, 0.2) is 0 Å². The molecule has 1 saturated heterocycles. The van der Waals surface area contributed by atoms with Gasteiger partial charge in [0.25, 0.3) is 0 Å². The molecule has 1 aromatic heterocycles. The molecule has 2 atom stereocenters. The largest absolute Gasteiger partial charge is 0.493 e. The van der Waals surface area contributed by atoms with Crippen LogP contribution in [0, 0.1) is 6.92 Å². The number of oxazole rings is 1. The lowest BCUT2D eigenvalue weighted by Gasteiger charge is -2.31. The lowest BCUT2D eigenvalue weighted by Crippen LogP contribution is -2.40. The van der Waals surface area contributed by atoms with E-state index in [1.54, 1.807) is 0 Å². The Labute approximate surface area is 201 Å². The maximum absolute atomic E-state index is 12.8. The van der Waals surface area contributed by atoms with Gasteiger partial charge in [-0.2, -0.15) is 0 Å². The predicted molar refractivity (Wildman–Crippen MR) is 132 cm³/mol. The van der Waals surface area contributed by atoms with E-state index in [1.165, 1.54) is 0 Å². The smallest absolute Gasteiger partial charge is 0.411 e. The molecule has 6 heteroatoms. The molecule has 0 bridgehead atoms. The van der Waals surface area contributed by atoms with Crippen molar-refractivity contribution in [3.63, 3.8) is 0 Å². The zero-order chi connectivity index (χ0) is 24.3. The van der Waals surface area contributed by atoms with E-state index in [2.05, 4.69) is 11.9 Å². The minimum atomic E-state index is -0.508. The average Bonchev–Trinajstić information content (AvgIpc) is 3.36. The van der Waals surface area contributed by atoms with E-state index in [1.807, 2.05) is 87.2 Å². The van der Waals surface area contributed by atoms with Crippen LogP contribution < -0.4 is 4.74 Å². The molecular formula is C28H34N2O4. The summed E-state index contributed by atoms with van der Waals surface area (Å²) in [6.07, 6.45) is 2.30. The fourth-order valence-electron chi connectivity index (χ4n) is 4.35. The number of aromatic nitrogens is 1. The highest BCUT2D eigenvalue weighted by molar-refractivity contribution is 5.69. The first kappa shape index (κ1) is 23.9. The van der Waals surface area contributed by atoms with Crippen LogP contribution in [0.1, 0.15) is 63.6 Å². The molecule has 4 rings (SSSR count). The number of nitrogens with zero attached hydrogens (tertiary/aromatic N) is 2. The molecule has 1 amide bonds. The van der Waals surface area contributed by atoms with Crippen LogP contribution in [0.15, 0.2) is 59.0 Å². The summed E-state index contributed by atoms with van der Waals surface area (Å²) in [4.78, 5) is 19.3. The number of hydrogen-bond donors (Lipinski definition) is 0. The maximum Gasteiger partial charge on any atom is 0.411 e. The minimum absolute atomic E-state index is 0.0214. The number of aryl methyl sites for hydroxylation is 1. The second-order valence-corrected chi connectivity index (χ2v) is 9.89. The molecule has 34 heavy (non-hydrogen) atoms. The summed E-state index contributed by atoms with van der Waals surface area (Å²) in [7, 11) is 0. The second kappa shape index (κ2) is 9.92. The van der Waals surface area contributed by atoms with Crippen molar-refractivity contribution in [1.29, 1.82) is 0 Å². The molecule has 0 N–H and O–H groups in total. The van der Waals surface area contributed by atoms with Crippen LogP contribution >= 0.6 is 0 Å². The summed E-state index contributed by atoms with van der Waals surface area (Å²) < 4.78 is 17.5. The first-order chi connectivity index (χ1) is 16.2. The van der Waals surface area contributed by atoms with Crippen LogP contribution in [0.4, 0.5) is 4.79 Å². The molecular weight excluding hydrogens is 428 g/mol. The van der Waals surface area contributed by atoms with E-state index < -0.39 is 5.60 Å². The van der Waals surface area contributed by atoms with Gasteiger partial charge in [-0.1, -0.05) is 30.3 Å². The third kappa shape index (κ3) is 5.61. The average molecular weight is 463 g/mol. The van der Waals surface area contributed by atoms with Crippen LogP contribution in [0.5, 0.6) is 5.75 Å². The Hall–Kier alpha value is -3.28. The second-order valence-electron chi connectivity index (χ2n) is 9.89. The minimum Gasteiger partial charge on any atom is -0.493 e. The van der Waals surface area contributed by atoms with Gasteiger partial charge in [-0.15, -0.1) is 0 Å². The van der Waals surface area contributed by atoms with Crippen LogP contribution in [0.2, 0.25) is 0 Å². The van der Waals surface area contributed by atoms with E-state index in [4.69, 9.17) is 13.9 Å². The van der Waals surface area contributed by atoms with Crippen molar-refractivity contribution in [1.82, 2.24) is 9.88 Å². The number of amides is 1. The van der Waals surface area contributed by atoms with Crippen molar-refractivity contribution >= 4 is 6.09 Å². The topological polar surface area (TPSA) is 64.8 Å². The number of carbonyl (C=O) groups excluding carboxylic acids is 1. The molecule has 1 aliphatic rings. The van der Waals surface area contributed by atoms with Gasteiger partial charge in [0.1, 0.15) is 17.1 Å². The highest BCUT2D eigenvalue weighted by Gasteiger charge is 2.37. The zero-order valence-corrected chi connectivity index (χ0v) is 20.7. The first-order valence-electron chi connectivity index (χ1n) is 12.0. The van der Waals surface area contributed by atoms with Crippen molar-refractivity contribution in [2.75, 3.05) is 6.61 Å². The summed E-state index contributed by atoms with van der Waals surface area (Å²) in [5.74, 6) is 2.25. The first-order valence-corrected chi connectivity index (χ1v) is 12.0. The molecule has 2 aromatic carbocycles. The SMILES string of the molecule is Cc1oc(-c2ccccc2)nc1CCOc1ccc([C@@H]2CC[C@@H](C)N2C(=O)OC(C)(C)C)cc1. The van der Waals surface area contributed by atoms with Crippen molar-refractivity contribution in [3.05, 3.63) is 71.6 Å². The van der Waals surface area contributed by atoms with Crippen molar-refractivity contribution < 1.29 is 18.7 Å². The molecule has 6 nitrogen and oxygen atoms in total. The normalized spacial score (nSPS) is 18.2. The van der Waals surface area contributed by atoms with E-state index in [0.717, 1.165) is 41.2 Å². The summed E-state index contributed by atoms with van der Waals surface area (Å²) in [6.45, 7) is 10.2. The molecule has 1 aliphatic heterocycles. The lowest BCUT2D eigenvalue weighted by atomic mass is 10.0. The van der Waals surface area contributed by atoms with E-state index in [9.17, 15) is 4.79 Å². The van der Waals surface area contributed by atoms with Crippen LogP contribution in [-0.4, -0.2) is 34.2 Å². The van der Waals surface area contributed by atoms with Gasteiger partial charge < -0.3 is 13.9 Å². The molecule has 0 unspecified atom stereocenters. The highest BCUT2D eigenvalue weighted by atomic mass is 16.6. The third-order valence-corrected chi connectivity index (χ3v) is 6.06. The van der Waals surface area contributed by atoms with E-state index >= 15 is 0 Å². The Bertz CT molecular complexity index is 1100. The Morgan fingerprint density at radius 1 is 1.09 bits per heavy atom. The molecule has 0 spiro atoms. The van der Waals surface area contributed by atoms with Gasteiger partial charge in [-0.25, -0.2) is 9.78 Å². The number of ether oxygens (including phenoxy) is 2. The zero-order valence-electron chi connectivity index (χ0n) is 20.7. The summed E-state index contributed by atoms with van der Waals surface area (Å²) in [5, 5.41) is 0. The van der Waals surface area contributed by atoms with Crippen LogP contribution in [0.25, 0.3) is 11.5 Å². The molecule has 0 aliphatic carbocycles. The van der Waals surface area contributed by atoms with E-state index in [0.29, 0.717) is 18.9 Å². The monoisotopic (exact) mass is 462 g/mol. The Kier molecular flexibility index (Phi) is 6.96. The summed E-state index contributed by atoms with van der Waals surface area (Å²) in [5.41, 5.74) is 2.46. The van der Waals surface area contributed by atoms with Gasteiger partial charge in [0, 0.05) is 18.0 Å². The molecule has 0 saturated carbocycles. The van der Waals surface area contributed by atoms with Crippen molar-refractivity contribution in [2.45, 2.75) is 71.6 Å². The quantitative estimate of drug-likeness (QED) is 0.406. The summed E-state index contributed by atoms with van der Waals surface area (Å²) >= 11 is 0. The molecule has 2 heterocycles. The maximum atomic E-state index is 12.8. The number of likely N-dealkylation sites (tertiary alicyclic amines) is 1. The third-order valence-electron chi connectivity index (χ3n) is 6.06. The molecule has 1 fully saturated rings. The molecule has 0 radical (unpaired) electrons. The van der Waals surface area contributed by atoms with Gasteiger partial charge in [0.2, 0.25) is 5.89 Å².